The zero-order valence-corrected chi connectivity index (χ0v) is 22.1. The van der Waals surface area contributed by atoms with E-state index in [2.05, 4.69) is 37.0 Å². The van der Waals surface area contributed by atoms with Crippen molar-refractivity contribution >= 4 is 39.7 Å². The minimum Gasteiger partial charge on any atom is -0.446 e. The normalized spacial score (nSPS) is 15.7. The zero-order valence-electron chi connectivity index (χ0n) is 22.1. The molecule has 0 bridgehead atoms. The monoisotopic (exact) mass is 543 g/mol. The molecule has 3 heterocycles. The predicted molar refractivity (Wildman–Crippen MR) is 148 cm³/mol. The molecule has 204 valence electrons. The Bertz CT molecular complexity index is 1650. The number of carbonyl (C=O) groups excluding carboxylic acids is 1. The molecule has 2 aromatic carbocycles. The van der Waals surface area contributed by atoms with Crippen LogP contribution in [-0.4, -0.2) is 58.6 Å². The number of hydrogen-bond acceptors (Lipinski definition) is 7. The number of ether oxygens (including phenoxy) is 1. The molecule has 1 saturated heterocycles. The molecule has 0 radical (unpaired) electrons. The van der Waals surface area contributed by atoms with Crippen molar-refractivity contribution in [3.63, 3.8) is 0 Å². The van der Waals surface area contributed by atoms with Gasteiger partial charge in [-0.1, -0.05) is 0 Å². The maximum atomic E-state index is 15.5. The van der Waals surface area contributed by atoms with Crippen LogP contribution in [0.1, 0.15) is 23.3 Å². The van der Waals surface area contributed by atoms with Gasteiger partial charge in [-0.15, -0.1) is 0 Å². The third-order valence-corrected chi connectivity index (χ3v) is 7.37. The fourth-order valence-corrected chi connectivity index (χ4v) is 4.98. The molecule has 0 atom stereocenters. The number of piperazine rings is 1. The van der Waals surface area contributed by atoms with E-state index in [1.54, 1.807) is 6.92 Å². The van der Waals surface area contributed by atoms with E-state index in [1.165, 1.54) is 17.0 Å². The summed E-state index contributed by atoms with van der Waals surface area (Å²) in [7, 11) is 2.11. The second-order valence-corrected chi connectivity index (χ2v) is 10.2. The number of fused-ring (bicyclic) bond motifs is 1. The molecule has 2 aromatic heterocycles. The minimum atomic E-state index is -0.842. The first-order chi connectivity index (χ1) is 19.3. The van der Waals surface area contributed by atoms with Gasteiger partial charge in [-0.25, -0.2) is 23.6 Å². The average Bonchev–Trinajstić information content (AvgIpc) is 3.74. The summed E-state index contributed by atoms with van der Waals surface area (Å²) in [5.74, 6) is -2.53. The van der Waals surface area contributed by atoms with Gasteiger partial charge < -0.3 is 19.9 Å². The van der Waals surface area contributed by atoms with Crippen molar-refractivity contribution in [2.45, 2.75) is 19.8 Å². The highest BCUT2D eigenvalue weighted by Gasteiger charge is 2.33. The molecular formula is C29H27F2N7O2. The van der Waals surface area contributed by atoms with Crippen LogP contribution in [0.25, 0.3) is 15.7 Å². The molecule has 0 spiro atoms. The van der Waals surface area contributed by atoms with Gasteiger partial charge >= 0.3 is 0 Å². The van der Waals surface area contributed by atoms with Crippen LogP contribution in [0.3, 0.4) is 0 Å². The Kier molecular flexibility index (Phi) is 6.56. The number of anilines is 3. The van der Waals surface area contributed by atoms with Crippen molar-refractivity contribution in [2.24, 2.45) is 5.92 Å². The van der Waals surface area contributed by atoms with Crippen LogP contribution < -0.4 is 15.0 Å². The molecule has 4 aromatic rings. The quantitative estimate of drug-likeness (QED) is 0.303. The number of nitrogens with zero attached hydrogens (tertiary/aromatic N) is 6. The number of benzene rings is 2. The van der Waals surface area contributed by atoms with Gasteiger partial charge in [0.1, 0.15) is 12.1 Å². The lowest BCUT2D eigenvalue weighted by Gasteiger charge is -2.34. The second-order valence-electron chi connectivity index (χ2n) is 10.2. The number of hydrogen-bond donors (Lipinski definition) is 1. The van der Waals surface area contributed by atoms with Crippen LogP contribution in [0, 0.1) is 31.0 Å². The molecule has 1 saturated carbocycles. The van der Waals surface area contributed by atoms with Gasteiger partial charge in [-0.2, -0.15) is 0 Å². The number of rotatable bonds is 6. The molecule has 40 heavy (non-hydrogen) atoms. The Labute approximate surface area is 229 Å². The van der Waals surface area contributed by atoms with E-state index >= 15 is 8.78 Å². The molecule has 1 N–H and O–H groups in total. The summed E-state index contributed by atoms with van der Waals surface area (Å²) in [6, 6.07) is 10.1. The van der Waals surface area contributed by atoms with Gasteiger partial charge in [0, 0.05) is 60.6 Å². The largest absolute Gasteiger partial charge is 0.446 e. The third-order valence-electron chi connectivity index (χ3n) is 7.37. The fourth-order valence-electron chi connectivity index (χ4n) is 4.98. The van der Waals surface area contributed by atoms with E-state index in [-0.39, 0.29) is 40.1 Å². The van der Waals surface area contributed by atoms with Crippen molar-refractivity contribution in [3.05, 3.63) is 71.5 Å². The number of carbonyl (C=O) groups is 1. The molecular weight excluding hydrogens is 516 g/mol. The molecule has 9 nitrogen and oxygen atoms in total. The van der Waals surface area contributed by atoms with Crippen LogP contribution in [0.5, 0.6) is 11.6 Å². The van der Waals surface area contributed by atoms with E-state index in [9.17, 15) is 4.79 Å². The number of aromatic nitrogens is 3. The van der Waals surface area contributed by atoms with Crippen LogP contribution in [-0.2, 0) is 0 Å². The van der Waals surface area contributed by atoms with E-state index < -0.39 is 17.4 Å². The Morgan fingerprint density at radius 1 is 1.10 bits per heavy atom. The smallest absolute Gasteiger partial charge is 0.288 e. The number of nitrogens with one attached hydrogen (secondary N) is 1. The summed E-state index contributed by atoms with van der Waals surface area (Å²) in [6.45, 7) is 13.2. The predicted octanol–water partition coefficient (Wildman–Crippen LogP) is 5.91. The lowest BCUT2D eigenvalue weighted by Crippen LogP contribution is -2.44. The fraction of sp³-hybridized carbons (Fsp3) is 0.310. The average molecular weight is 544 g/mol. The van der Waals surface area contributed by atoms with Crippen LogP contribution in [0.2, 0.25) is 0 Å². The topological polar surface area (TPSA) is 79.9 Å². The van der Waals surface area contributed by atoms with E-state index in [1.807, 2.05) is 24.3 Å². The molecule has 0 unspecified atom stereocenters. The van der Waals surface area contributed by atoms with Gasteiger partial charge in [-0.3, -0.25) is 9.36 Å². The molecule has 0 amide bonds. The van der Waals surface area contributed by atoms with E-state index in [0.29, 0.717) is 11.4 Å². The first-order valence-corrected chi connectivity index (χ1v) is 13.1. The highest BCUT2D eigenvalue weighted by atomic mass is 19.1. The summed E-state index contributed by atoms with van der Waals surface area (Å²) in [5, 5.41) is 3.03. The Morgan fingerprint density at radius 2 is 1.82 bits per heavy atom. The standard InChI is InChI=1S/C29H27F2N7O2/c1-17-14-21-24(31)23(15-22(30)26(21)38(17)29(39)18-4-5-18)40-28-25(32-2)27(33-16-34-28)35-19-6-8-20(9-7-19)37-12-10-36(3)11-13-37/h6-9,14-16,18H,4-5,10-13H2,1,3H3,(H,33,34,35). The van der Waals surface area contributed by atoms with Crippen molar-refractivity contribution in [3.8, 4) is 11.6 Å². The van der Waals surface area contributed by atoms with E-state index in [0.717, 1.165) is 50.8 Å². The summed E-state index contributed by atoms with van der Waals surface area (Å²) >= 11 is 0. The first-order valence-electron chi connectivity index (χ1n) is 13.1. The van der Waals surface area contributed by atoms with Gasteiger partial charge in [0.15, 0.2) is 17.4 Å². The molecule has 11 heteroatoms. The molecule has 2 fully saturated rings. The first kappa shape index (κ1) is 25.7. The molecule has 6 rings (SSSR count). The molecule has 2 aliphatic rings. The number of likely N-dealkylation sites (N-methyl/N-ethyl adjacent to an activating group) is 1. The summed E-state index contributed by atoms with van der Waals surface area (Å²) in [4.78, 5) is 29.0. The second kappa shape index (κ2) is 10.2. The van der Waals surface area contributed by atoms with Crippen molar-refractivity contribution in [2.75, 3.05) is 43.4 Å². The third kappa shape index (κ3) is 4.71. The van der Waals surface area contributed by atoms with Crippen LogP contribution >= 0.6 is 0 Å². The summed E-state index contributed by atoms with van der Waals surface area (Å²) in [6.07, 6.45) is 2.67. The Morgan fingerprint density at radius 3 is 2.50 bits per heavy atom. The van der Waals surface area contributed by atoms with Crippen molar-refractivity contribution < 1.29 is 18.3 Å². The van der Waals surface area contributed by atoms with Crippen molar-refractivity contribution in [1.29, 1.82) is 0 Å². The van der Waals surface area contributed by atoms with Gasteiger partial charge in [0.25, 0.3) is 5.69 Å². The lowest BCUT2D eigenvalue weighted by atomic mass is 10.2. The highest BCUT2D eigenvalue weighted by Crippen LogP contribution is 2.40. The summed E-state index contributed by atoms with van der Waals surface area (Å²) in [5.41, 5.74) is 2.04. The summed E-state index contributed by atoms with van der Waals surface area (Å²) < 4.78 is 37.7. The maximum Gasteiger partial charge on any atom is 0.288 e. The highest BCUT2D eigenvalue weighted by molar-refractivity contribution is 5.97. The van der Waals surface area contributed by atoms with Crippen molar-refractivity contribution in [1.82, 2.24) is 19.4 Å². The molecule has 1 aliphatic heterocycles. The Balaban J connectivity index is 1.26. The van der Waals surface area contributed by atoms with Crippen LogP contribution in [0.15, 0.2) is 42.7 Å². The van der Waals surface area contributed by atoms with Gasteiger partial charge in [0.05, 0.1) is 12.1 Å². The number of aryl methyl sites for hydroxylation is 1. The number of halogens is 2. The maximum absolute atomic E-state index is 15.5. The minimum absolute atomic E-state index is 0.0706. The zero-order chi connectivity index (χ0) is 28.0. The van der Waals surface area contributed by atoms with Gasteiger partial charge in [-0.05, 0) is 57.1 Å². The van der Waals surface area contributed by atoms with Crippen LogP contribution in [0.4, 0.5) is 31.7 Å². The Hall–Kier alpha value is -4.56. The van der Waals surface area contributed by atoms with Gasteiger partial charge in [0.2, 0.25) is 11.8 Å². The molecule has 1 aliphatic carbocycles. The van der Waals surface area contributed by atoms with E-state index in [4.69, 9.17) is 11.3 Å². The SMILES string of the molecule is [C-]#[N+]c1c(Nc2ccc(N3CCN(C)CC3)cc2)ncnc1Oc1cc(F)c2c(cc(C)n2C(=O)C2CC2)c1F. The lowest BCUT2D eigenvalue weighted by molar-refractivity contribution is 0.0889.